The van der Waals surface area contributed by atoms with Crippen LogP contribution in [0.1, 0.15) is 56.3 Å². The molecule has 25 heavy (non-hydrogen) atoms. The molecule has 2 aliphatic heterocycles. The molecule has 2 unspecified atom stereocenters. The SMILES string of the molecule is CC1CCCC(C)N1C(=O)CN1CCC(C(=O)c2ccccc2)CC1. The number of rotatable bonds is 4. The van der Waals surface area contributed by atoms with E-state index < -0.39 is 0 Å². The van der Waals surface area contributed by atoms with E-state index in [4.69, 9.17) is 0 Å². The minimum absolute atomic E-state index is 0.0987. The molecule has 2 heterocycles. The summed E-state index contributed by atoms with van der Waals surface area (Å²) in [6.45, 7) is 6.51. The summed E-state index contributed by atoms with van der Waals surface area (Å²) in [5, 5.41) is 0. The fraction of sp³-hybridized carbons (Fsp3) is 0.619. The van der Waals surface area contributed by atoms with Gasteiger partial charge in [-0.3, -0.25) is 14.5 Å². The van der Waals surface area contributed by atoms with Gasteiger partial charge >= 0.3 is 0 Å². The third-order valence-electron chi connectivity index (χ3n) is 5.86. The van der Waals surface area contributed by atoms with Crippen LogP contribution in [0.15, 0.2) is 30.3 Å². The van der Waals surface area contributed by atoms with E-state index in [1.807, 2.05) is 30.3 Å². The fourth-order valence-electron chi connectivity index (χ4n) is 4.38. The lowest BCUT2D eigenvalue weighted by atomic mass is 9.89. The van der Waals surface area contributed by atoms with Crippen LogP contribution >= 0.6 is 0 Å². The number of carbonyl (C=O) groups is 2. The second kappa shape index (κ2) is 8.13. The number of benzene rings is 1. The number of likely N-dealkylation sites (tertiary alicyclic amines) is 2. The van der Waals surface area contributed by atoms with Crippen molar-refractivity contribution in [3.63, 3.8) is 0 Å². The molecule has 2 saturated heterocycles. The smallest absolute Gasteiger partial charge is 0.237 e. The first-order valence-corrected chi connectivity index (χ1v) is 9.69. The van der Waals surface area contributed by atoms with Crippen LogP contribution in [-0.2, 0) is 4.79 Å². The lowest BCUT2D eigenvalue weighted by Gasteiger charge is -2.41. The number of Topliss-reactive ketones (excluding diaryl/α,β-unsaturated/α-hetero) is 1. The number of hydrogen-bond donors (Lipinski definition) is 0. The van der Waals surface area contributed by atoms with Crippen molar-refractivity contribution in [2.24, 2.45) is 5.92 Å². The largest absolute Gasteiger partial charge is 0.336 e. The van der Waals surface area contributed by atoms with Crippen LogP contribution in [0.3, 0.4) is 0 Å². The van der Waals surface area contributed by atoms with E-state index in [0.717, 1.165) is 44.3 Å². The Hall–Kier alpha value is -1.68. The van der Waals surface area contributed by atoms with Crippen LogP contribution in [0.4, 0.5) is 0 Å². The average Bonchev–Trinajstić information content (AvgIpc) is 2.62. The predicted octanol–water partition coefficient (Wildman–Crippen LogP) is 3.37. The standard InChI is InChI=1S/C21H30N2O2/c1-16-7-6-8-17(2)23(16)20(24)15-22-13-11-19(12-14-22)21(25)18-9-4-3-5-10-18/h3-5,9-10,16-17,19H,6-8,11-15H2,1-2H3. The summed E-state index contributed by atoms with van der Waals surface area (Å²) in [4.78, 5) is 29.6. The van der Waals surface area contributed by atoms with Gasteiger partial charge in [-0.25, -0.2) is 0 Å². The van der Waals surface area contributed by atoms with Gasteiger partial charge in [-0.05, 0) is 59.0 Å². The van der Waals surface area contributed by atoms with E-state index in [1.54, 1.807) is 0 Å². The van der Waals surface area contributed by atoms with Gasteiger partial charge in [0.15, 0.2) is 5.78 Å². The maximum atomic E-state index is 12.7. The maximum absolute atomic E-state index is 12.7. The van der Waals surface area contributed by atoms with Crippen molar-refractivity contribution in [2.75, 3.05) is 19.6 Å². The second-order valence-electron chi connectivity index (χ2n) is 7.71. The zero-order valence-electron chi connectivity index (χ0n) is 15.5. The Morgan fingerprint density at radius 2 is 1.56 bits per heavy atom. The molecule has 136 valence electrons. The molecule has 0 spiro atoms. The molecule has 3 rings (SSSR count). The highest BCUT2D eigenvalue weighted by Gasteiger charge is 2.31. The number of nitrogens with zero attached hydrogens (tertiary/aromatic N) is 2. The van der Waals surface area contributed by atoms with Gasteiger partial charge in [0.1, 0.15) is 0 Å². The average molecular weight is 342 g/mol. The van der Waals surface area contributed by atoms with Crippen molar-refractivity contribution in [1.29, 1.82) is 0 Å². The minimum atomic E-state index is 0.0987. The lowest BCUT2D eigenvalue weighted by molar-refractivity contribution is -0.138. The van der Waals surface area contributed by atoms with E-state index in [2.05, 4.69) is 23.6 Å². The summed E-state index contributed by atoms with van der Waals surface area (Å²) in [6.07, 6.45) is 5.16. The quantitative estimate of drug-likeness (QED) is 0.788. The van der Waals surface area contributed by atoms with Crippen molar-refractivity contribution < 1.29 is 9.59 Å². The molecular weight excluding hydrogens is 312 g/mol. The van der Waals surface area contributed by atoms with Crippen molar-refractivity contribution in [2.45, 2.75) is 58.0 Å². The summed E-state index contributed by atoms with van der Waals surface area (Å²) >= 11 is 0. The van der Waals surface area contributed by atoms with Crippen molar-refractivity contribution in [3.05, 3.63) is 35.9 Å². The molecule has 0 aliphatic carbocycles. The molecule has 4 heteroatoms. The monoisotopic (exact) mass is 342 g/mol. The van der Waals surface area contributed by atoms with E-state index in [0.29, 0.717) is 18.6 Å². The molecule has 0 saturated carbocycles. The molecule has 2 aliphatic rings. The first kappa shape index (κ1) is 18.1. The van der Waals surface area contributed by atoms with Gasteiger partial charge in [0.25, 0.3) is 0 Å². The van der Waals surface area contributed by atoms with Gasteiger partial charge in [-0.1, -0.05) is 30.3 Å². The van der Waals surface area contributed by atoms with Crippen LogP contribution in [0.25, 0.3) is 0 Å². The molecule has 2 fully saturated rings. The van der Waals surface area contributed by atoms with Crippen LogP contribution in [0.2, 0.25) is 0 Å². The molecule has 1 amide bonds. The second-order valence-corrected chi connectivity index (χ2v) is 7.71. The Morgan fingerprint density at radius 1 is 0.960 bits per heavy atom. The Kier molecular flexibility index (Phi) is 5.89. The van der Waals surface area contributed by atoms with E-state index >= 15 is 0 Å². The number of amides is 1. The van der Waals surface area contributed by atoms with Crippen molar-refractivity contribution >= 4 is 11.7 Å². The summed E-state index contributed by atoms with van der Waals surface area (Å²) in [6, 6.07) is 10.3. The molecule has 0 N–H and O–H groups in total. The number of hydrogen-bond acceptors (Lipinski definition) is 3. The maximum Gasteiger partial charge on any atom is 0.237 e. The topological polar surface area (TPSA) is 40.6 Å². The first-order chi connectivity index (χ1) is 12.1. The van der Waals surface area contributed by atoms with Crippen LogP contribution in [-0.4, -0.2) is 53.2 Å². The fourth-order valence-corrected chi connectivity index (χ4v) is 4.38. The van der Waals surface area contributed by atoms with Crippen LogP contribution in [0.5, 0.6) is 0 Å². The van der Waals surface area contributed by atoms with Gasteiger partial charge in [0, 0.05) is 23.6 Å². The van der Waals surface area contributed by atoms with Crippen LogP contribution < -0.4 is 0 Å². The number of ketones is 1. The normalized spacial score (nSPS) is 25.8. The zero-order valence-corrected chi connectivity index (χ0v) is 15.5. The summed E-state index contributed by atoms with van der Waals surface area (Å²) < 4.78 is 0. The first-order valence-electron chi connectivity index (χ1n) is 9.69. The molecule has 0 aromatic heterocycles. The zero-order chi connectivity index (χ0) is 17.8. The van der Waals surface area contributed by atoms with Gasteiger partial charge in [0.05, 0.1) is 6.54 Å². The van der Waals surface area contributed by atoms with Crippen molar-refractivity contribution in [3.8, 4) is 0 Å². The molecule has 2 atom stereocenters. The summed E-state index contributed by atoms with van der Waals surface area (Å²) in [7, 11) is 0. The molecular formula is C21H30N2O2. The van der Waals surface area contributed by atoms with Gasteiger partial charge in [-0.2, -0.15) is 0 Å². The van der Waals surface area contributed by atoms with E-state index in [-0.39, 0.29) is 17.6 Å². The Morgan fingerprint density at radius 3 is 2.16 bits per heavy atom. The lowest BCUT2D eigenvalue weighted by Crippen LogP contribution is -2.52. The number of piperidine rings is 2. The van der Waals surface area contributed by atoms with Crippen LogP contribution in [0, 0.1) is 5.92 Å². The third-order valence-corrected chi connectivity index (χ3v) is 5.86. The van der Waals surface area contributed by atoms with Crippen molar-refractivity contribution in [1.82, 2.24) is 9.80 Å². The van der Waals surface area contributed by atoms with E-state index in [9.17, 15) is 9.59 Å². The Bertz CT molecular complexity index is 583. The van der Waals surface area contributed by atoms with Gasteiger partial charge in [0.2, 0.25) is 5.91 Å². The third kappa shape index (κ3) is 4.30. The predicted molar refractivity (Wildman–Crippen MR) is 99.6 cm³/mol. The van der Waals surface area contributed by atoms with E-state index in [1.165, 1.54) is 6.42 Å². The Balaban J connectivity index is 1.51. The molecule has 0 bridgehead atoms. The summed E-state index contributed by atoms with van der Waals surface area (Å²) in [5.41, 5.74) is 0.813. The molecule has 1 aromatic carbocycles. The molecule has 1 aromatic rings. The highest BCUT2D eigenvalue weighted by Crippen LogP contribution is 2.25. The molecule has 0 radical (unpaired) electrons. The Labute approximate surface area is 151 Å². The minimum Gasteiger partial charge on any atom is -0.336 e. The highest BCUT2D eigenvalue weighted by atomic mass is 16.2. The molecule has 4 nitrogen and oxygen atoms in total. The van der Waals surface area contributed by atoms with Gasteiger partial charge in [-0.15, -0.1) is 0 Å². The van der Waals surface area contributed by atoms with Gasteiger partial charge < -0.3 is 4.90 Å². The summed E-state index contributed by atoms with van der Waals surface area (Å²) in [5.74, 6) is 0.610. The number of carbonyl (C=O) groups excluding carboxylic acids is 2. The highest BCUT2D eigenvalue weighted by molar-refractivity contribution is 5.97.